The Kier molecular flexibility index (Phi) is 2.65. The maximum atomic E-state index is 10.7. The van der Waals surface area contributed by atoms with E-state index in [4.69, 9.17) is 0 Å². The minimum atomic E-state index is 0.566. The summed E-state index contributed by atoms with van der Waals surface area (Å²) in [6.45, 7) is 2.38. The predicted octanol–water partition coefficient (Wildman–Crippen LogP) is 0.0270. The molecule has 0 bridgehead atoms. The third kappa shape index (κ3) is 2.08. The van der Waals surface area contributed by atoms with Gasteiger partial charge in [0.2, 0.25) is 0 Å². The molecule has 8 heteroatoms. The lowest BCUT2D eigenvalue weighted by Gasteiger charge is -2.24. The monoisotopic (exact) mass is 250 g/mol. The van der Waals surface area contributed by atoms with E-state index in [1.807, 2.05) is 0 Å². The van der Waals surface area contributed by atoms with Gasteiger partial charge in [0.15, 0.2) is 17.1 Å². The van der Waals surface area contributed by atoms with Crippen LogP contribution in [0.2, 0.25) is 0 Å². The number of hydrogen-bond acceptors (Lipinski definition) is 7. The molecule has 2 aromatic rings. The first-order chi connectivity index (χ1) is 8.35. The molecule has 0 saturated carbocycles. The number of fused-ring (bicyclic) bond motifs is 1. The van der Waals surface area contributed by atoms with Crippen molar-refractivity contribution >= 4 is 17.6 Å². The van der Waals surface area contributed by atoms with Gasteiger partial charge in [-0.2, -0.15) is 5.21 Å². The van der Waals surface area contributed by atoms with Crippen LogP contribution in [0, 0.1) is 0 Å². The highest BCUT2D eigenvalue weighted by atomic mass is 32.1. The number of nitrogens with zero attached hydrogens (tertiary/aromatic N) is 5. The Morgan fingerprint density at radius 3 is 3.24 bits per heavy atom. The molecule has 0 saturated heterocycles. The van der Waals surface area contributed by atoms with Crippen LogP contribution in [-0.2, 0) is 19.5 Å². The van der Waals surface area contributed by atoms with Crippen LogP contribution < -0.4 is 0 Å². The Hall–Kier alpha value is -1.67. The molecule has 0 amide bonds. The SMILES string of the molecule is O=Cc1nc2c(s1)CN(Cc1nn[nH]n1)CC2. The van der Waals surface area contributed by atoms with Crippen molar-refractivity contribution in [3.63, 3.8) is 0 Å². The van der Waals surface area contributed by atoms with Gasteiger partial charge in [0.1, 0.15) is 0 Å². The third-order valence-electron chi connectivity index (χ3n) is 2.68. The standard InChI is InChI=1S/C9H10N6OS/c16-5-9-10-6-1-2-15(3-7(6)17-9)4-8-11-13-14-12-8/h5H,1-4H2,(H,11,12,13,14). The lowest BCUT2D eigenvalue weighted by atomic mass is 10.2. The van der Waals surface area contributed by atoms with Crippen molar-refractivity contribution in [3.05, 3.63) is 21.4 Å². The molecule has 17 heavy (non-hydrogen) atoms. The number of carbonyl (C=O) groups is 1. The van der Waals surface area contributed by atoms with Gasteiger partial charge in [-0.3, -0.25) is 9.69 Å². The Labute approximate surface area is 101 Å². The maximum absolute atomic E-state index is 10.7. The second-order valence-corrected chi connectivity index (χ2v) is 4.94. The fourth-order valence-electron chi connectivity index (χ4n) is 1.90. The topological polar surface area (TPSA) is 87.7 Å². The summed E-state index contributed by atoms with van der Waals surface area (Å²) >= 11 is 1.47. The quantitative estimate of drug-likeness (QED) is 0.773. The van der Waals surface area contributed by atoms with E-state index in [0.29, 0.717) is 17.4 Å². The largest absolute Gasteiger partial charge is 0.295 e. The molecule has 1 aliphatic rings. The Morgan fingerprint density at radius 2 is 2.47 bits per heavy atom. The lowest BCUT2D eigenvalue weighted by molar-refractivity contribution is 0.112. The number of nitrogens with one attached hydrogen (secondary N) is 1. The highest BCUT2D eigenvalue weighted by Crippen LogP contribution is 2.24. The fraction of sp³-hybridized carbons (Fsp3) is 0.444. The summed E-state index contributed by atoms with van der Waals surface area (Å²) in [4.78, 5) is 18.3. The molecule has 3 rings (SSSR count). The molecule has 88 valence electrons. The minimum absolute atomic E-state index is 0.566. The van der Waals surface area contributed by atoms with Crippen LogP contribution >= 0.6 is 11.3 Å². The number of tetrazole rings is 1. The summed E-state index contributed by atoms with van der Waals surface area (Å²) in [6.07, 6.45) is 1.68. The Bertz CT molecular complexity index is 522. The van der Waals surface area contributed by atoms with Gasteiger partial charge >= 0.3 is 0 Å². The predicted molar refractivity (Wildman–Crippen MR) is 59.5 cm³/mol. The highest BCUT2D eigenvalue weighted by Gasteiger charge is 2.21. The van der Waals surface area contributed by atoms with E-state index in [-0.39, 0.29) is 0 Å². The van der Waals surface area contributed by atoms with Gasteiger partial charge in [-0.1, -0.05) is 5.21 Å². The summed E-state index contributed by atoms with van der Waals surface area (Å²) in [5, 5.41) is 14.4. The van der Waals surface area contributed by atoms with E-state index in [0.717, 1.165) is 31.5 Å². The van der Waals surface area contributed by atoms with Crippen molar-refractivity contribution in [2.75, 3.05) is 6.54 Å². The number of thiazole rings is 1. The second kappa shape index (κ2) is 4.30. The highest BCUT2D eigenvalue weighted by molar-refractivity contribution is 7.13. The number of aldehydes is 1. The Balaban J connectivity index is 1.73. The van der Waals surface area contributed by atoms with Crippen molar-refractivity contribution in [1.29, 1.82) is 0 Å². The van der Waals surface area contributed by atoms with E-state index in [9.17, 15) is 4.79 Å². The van der Waals surface area contributed by atoms with Crippen molar-refractivity contribution < 1.29 is 4.79 Å². The number of aromatic amines is 1. The van der Waals surface area contributed by atoms with Gasteiger partial charge in [0, 0.05) is 24.4 Å². The van der Waals surface area contributed by atoms with Crippen LogP contribution in [-0.4, -0.2) is 43.3 Å². The minimum Gasteiger partial charge on any atom is -0.295 e. The van der Waals surface area contributed by atoms with E-state index in [1.165, 1.54) is 16.2 Å². The molecule has 0 aliphatic carbocycles. The number of hydrogen-bond donors (Lipinski definition) is 1. The molecular formula is C9H10N6OS. The van der Waals surface area contributed by atoms with E-state index >= 15 is 0 Å². The lowest BCUT2D eigenvalue weighted by Crippen LogP contribution is -2.29. The van der Waals surface area contributed by atoms with Gasteiger partial charge < -0.3 is 0 Å². The first-order valence-corrected chi connectivity index (χ1v) is 6.05. The van der Waals surface area contributed by atoms with Gasteiger partial charge in [-0.15, -0.1) is 21.5 Å². The number of carbonyl (C=O) groups excluding carboxylic acids is 1. The van der Waals surface area contributed by atoms with Crippen molar-refractivity contribution in [3.8, 4) is 0 Å². The van der Waals surface area contributed by atoms with Crippen LogP contribution in [0.3, 0.4) is 0 Å². The van der Waals surface area contributed by atoms with Gasteiger partial charge in [-0.25, -0.2) is 4.98 Å². The number of aromatic nitrogens is 5. The number of rotatable bonds is 3. The molecule has 1 aliphatic heterocycles. The van der Waals surface area contributed by atoms with Crippen LogP contribution in [0.4, 0.5) is 0 Å². The zero-order valence-corrected chi connectivity index (χ0v) is 9.77. The average Bonchev–Trinajstić information content (AvgIpc) is 2.96. The van der Waals surface area contributed by atoms with Gasteiger partial charge in [0.25, 0.3) is 0 Å². The summed E-state index contributed by atoms with van der Waals surface area (Å²) in [5.74, 6) is 0.688. The molecule has 0 fully saturated rings. The average molecular weight is 250 g/mol. The molecule has 2 aromatic heterocycles. The van der Waals surface area contributed by atoms with Crippen molar-refractivity contribution in [2.45, 2.75) is 19.5 Å². The van der Waals surface area contributed by atoms with E-state index in [2.05, 4.69) is 30.5 Å². The first-order valence-electron chi connectivity index (χ1n) is 5.23. The third-order valence-corrected chi connectivity index (χ3v) is 3.69. The van der Waals surface area contributed by atoms with Crippen LogP contribution in [0.25, 0.3) is 0 Å². The van der Waals surface area contributed by atoms with Crippen LogP contribution in [0.1, 0.15) is 26.2 Å². The fourth-order valence-corrected chi connectivity index (χ4v) is 2.87. The molecule has 0 atom stereocenters. The zero-order valence-electron chi connectivity index (χ0n) is 8.96. The molecule has 0 radical (unpaired) electrons. The zero-order chi connectivity index (χ0) is 11.7. The second-order valence-electron chi connectivity index (χ2n) is 3.83. The first kappa shape index (κ1) is 10.5. The molecule has 0 unspecified atom stereocenters. The summed E-state index contributed by atoms with van der Waals surface area (Å²) < 4.78 is 0. The van der Waals surface area contributed by atoms with Crippen molar-refractivity contribution in [2.24, 2.45) is 0 Å². The smallest absolute Gasteiger partial charge is 0.188 e. The van der Waals surface area contributed by atoms with Crippen molar-refractivity contribution in [1.82, 2.24) is 30.5 Å². The van der Waals surface area contributed by atoms with E-state index < -0.39 is 0 Å². The molecule has 0 spiro atoms. The van der Waals surface area contributed by atoms with Crippen LogP contribution in [0.5, 0.6) is 0 Å². The van der Waals surface area contributed by atoms with Crippen LogP contribution in [0.15, 0.2) is 0 Å². The molecule has 3 heterocycles. The van der Waals surface area contributed by atoms with E-state index in [1.54, 1.807) is 0 Å². The van der Waals surface area contributed by atoms with Gasteiger partial charge in [-0.05, 0) is 0 Å². The summed E-state index contributed by atoms with van der Waals surface area (Å²) in [6, 6.07) is 0. The molecule has 1 N–H and O–H groups in total. The maximum Gasteiger partial charge on any atom is 0.188 e. The molecule has 0 aromatic carbocycles. The summed E-state index contributed by atoms with van der Waals surface area (Å²) in [7, 11) is 0. The molecular weight excluding hydrogens is 240 g/mol. The molecule has 7 nitrogen and oxygen atoms in total. The van der Waals surface area contributed by atoms with Gasteiger partial charge in [0.05, 0.1) is 12.2 Å². The number of H-pyrrole nitrogens is 1. The Morgan fingerprint density at radius 1 is 1.53 bits per heavy atom. The summed E-state index contributed by atoms with van der Waals surface area (Å²) in [5.41, 5.74) is 1.06. The normalized spacial score (nSPS) is 15.8.